The first-order chi connectivity index (χ1) is 10.5. The van der Waals surface area contributed by atoms with E-state index < -0.39 is 9.84 Å². The van der Waals surface area contributed by atoms with Crippen LogP contribution < -0.4 is 10.1 Å². The van der Waals surface area contributed by atoms with Crippen molar-refractivity contribution in [2.45, 2.75) is 31.0 Å². The zero-order valence-electron chi connectivity index (χ0n) is 12.4. The molecule has 0 bridgehead atoms. The normalized spacial score (nSPS) is 30.4. The van der Waals surface area contributed by atoms with E-state index in [0.29, 0.717) is 17.4 Å². The second kappa shape index (κ2) is 6.35. The molecule has 2 aliphatic heterocycles. The third-order valence-corrected chi connectivity index (χ3v) is 6.28. The van der Waals surface area contributed by atoms with Gasteiger partial charge in [0.15, 0.2) is 9.84 Å². The Labute approximate surface area is 135 Å². The van der Waals surface area contributed by atoms with E-state index in [9.17, 15) is 8.42 Å². The Kier molecular flexibility index (Phi) is 4.64. The lowest BCUT2D eigenvalue weighted by Gasteiger charge is -2.25. The zero-order chi connectivity index (χ0) is 15.7. The summed E-state index contributed by atoms with van der Waals surface area (Å²) in [5.74, 6) is 0.889. The molecule has 22 heavy (non-hydrogen) atoms. The molecule has 0 spiro atoms. The van der Waals surface area contributed by atoms with Crippen LogP contribution in [-0.4, -0.2) is 45.8 Å². The Morgan fingerprint density at radius 3 is 2.95 bits per heavy atom. The lowest BCUT2D eigenvalue weighted by molar-refractivity contribution is 0.0943. The van der Waals surface area contributed by atoms with Crippen molar-refractivity contribution >= 4 is 21.4 Å². The van der Waals surface area contributed by atoms with Gasteiger partial charge >= 0.3 is 0 Å². The molecule has 2 heterocycles. The van der Waals surface area contributed by atoms with Crippen molar-refractivity contribution in [1.29, 1.82) is 0 Å². The minimum absolute atomic E-state index is 0.0205. The Morgan fingerprint density at radius 2 is 2.18 bits per heavy atom. The van der Waals surface area contributed by atoms with Crippen LogP contribution in [0.25, 0.3) is 0 Å². The van der Waals surface area contributed by atoms with Crippen LogP contribution in [0.15, 0.2) is 18.2 Å². The molecule has 1 saturated heterocycles. The van der Waals surface area contributed by atoms with Crippen molar-refractivity contribution < 1.29 is 17.9 Å². The molecule has 3 unspecified atom stereocenters. The number of ether oxygens (including phenoxy) is 2. The fourth-order valence-electron chi connectivity index (χ4n) is 3.20. The van der Waals surface area contributed by atoms with Gasteiger partial charge in [-0.15, -0.1) is 0 Å². The average molecular weight is 346 g/mol. The number of nitrogens with one attached hydrogen (secondary N) is 1. The summed E-state index contributed by atoms with van der Waals surface area (Å²) >= 11 is 6.22. The van der Waals surface area contributed by atoms with Crippen LogP contribution in [0.2, 0.25) is 5.02 Å². The highest BCUT2D eigenvalue weighted by Gasteiger charge is 2.39. The van der Waals surface area contributed by atoms with Gasteiger partial charge in [0.2, 0.25) is 0 Å². The standard InChI is InChI=1S/C15H20ClNO4S/c1-20-14-9-22(18,19)8-13(14)17-12-6-3-7-21-15-10(12)4-2-5-11(15)16/h2,4-5,12-14,17H,3,6-9H2,1H3. The van der Waals surface area contributed by atoms with Crippen molar-refractivity contribution in [2.24, 2.45) is 0 Å². The van der Waals surface area contributed by atoms with Crippen molar-refractivity contribution in [1.82, 2.24) is 5.32 Å². The molecule has 0 aromatic heterocycles. The number of halogens is 1. The molecule has 7 heteroatoms. The van der Waals surface area contributed by atoms with E-state index >= 15 is 0 Å². The molecule has 0 radical (unpaired) electrons. The molecule has 122 valence electrons. The van der Waals surface area contributed by atoms with Crippen LogP contribution >= 0.6 is 11.6 Å². The number of hydrogen-bond donors (Lipinski definition) is 1. The molecular formula is C15H20ClNO4S. The van der Waals surface area contributed by atoms with Gasteiger partial charge in [0.05, 0.1) is 29.2 Å². The maximum absolute atomic E-state index is 11.9. The molecule has 0 saturated carbocycles. The Bertz CT molecular complexity index is 649. The molecule has 0 aliphatic carbocycles. The van der Waals surface area contributed by atoms with E-state index in [4.69, 9.17) is 21.1 Å². The van der Waals surface area contributed by atoms with Gasteiger partial charge in [-0.3, -0.25) is 0 Å². The van der Waals surface area contributed by atoms with Crippen molar-refractivity contribution in [3.8, 4) is 5.75 Å². The largest absolute Gasteiger partial charge is 0.492 e. The molecule has 3 atom stereocenters. The van der Waals surface area contributed by atoms with Crippen LogP contribution in [0, 0.1) is 0 Å². The maximum atomic E-state index is 11.9. The maximum Gasteiger partial charge on any atom is 0.154 e. The summed E-state index contributed by atoms with van der Waals surface area (Å²) in [7, 11) is -1.49. The summed E-state index contributed by atoms with van der Waals surface area (Å²) in [6, 6.07) is 5.50. The third kappa shape index (κ3) is 3.25. The average Bonchev–Trinajstić information content (AvgIpc) is 2.64. The van der Waals surface area contributed by atoms with Gasteiger partial charge in [-0.1, -0.05) is 23.7 Å². The first-order valence-corrected chi connectivity index (χ1v) is 9.60. The summed E-state index contributed by atoms with van der Waals surface area (Å²) < 4.78 is 34.8. The van der Waals surface area contributed by atoms with Gasteiger partial charge in [-0.25, -0.2) is 8.42 Å². The van der Waals surface area contributed by atoms with Crippen LogP contribution in [0.5, 0.6) is 5.75 Å². The quantitative estimate of drug-likeness (QED) is 0.907. The topological polar surface area (TPSA) is 64.6 Å². The minimum atomic E-state index is -3.05. The van der Waals surface area contributed by atoms with Gasteiger partial charge in [-0.2, -0.15) is 0 Å². The fraction of sp³-hybridized carbons (Fsp3) is 0.600. The van der Waals surface area contributed by atoms with Crippen LogP contribution in [0.3, 0.4) is 0 Å². The number of sulfone groups is 1. The molecule has 0 amide bonds. The summed E-state index contributed by atoms with van der Waals surface area (Å²) in [6.07, 6.45) is 1.46. The lowest BCUT2D eigenvalue weighted by Crippen LogP contribution is -2.42. The summed E-state index contributed by atoms with van der Waals surface area (Å²) in [5.41, 5.74) is 0.990. The minimum Gasteiger partial charge on any atom is -0.492 e. The van der Waals surface area contributed by atoms with Crippen LogP contribution in [0.4, 0.5) is 0 Å². The Morgan fingerprint density at radius 1 is 1.36 bits per heavy atom. The van der Waals surface area contributed by atoms with Crippen molar-refractivity contribution in [3.63, 3.8) is 0 Å². The van der Waals surface area contributed by atoms with E-state index in [2.05, 4.69) is 5.32 Å². The highest BCUT2D eigenvalue weighted by Crippen LogP contribution is 2.37. The predicted octanol–water partition coefficient (Wildman–Crippen LogP) is 1.96. The summed E-state index contributed by atoms with van der Waals surface area (Å²) in [5, 5.41) is 4.05. The Balaban J connectivity index is 1.85. The molecule has 1 aromatic carbocycles. The SMILES string of the molecule is COC1CS(=O)(=O)CC1NC1CCCOc2c(Cl)cccc21. The molecule has 3 rings (SSSR count). The van der Waals surface area contributed by atoms with Crippen LogP contribution in [-0.2, 0) is 14.6 Å². The van der Waals surface area contributed by atoms with Crippen molar-refractivity contribution in [3.05, 3.63) is 28.8 Å². The number of fused-ring (bicyclic) bond motifs is 1. The highest BCUT2D eigenvalue weighted by atomic mass is 35.5. The van der Waals surface area contributed by atoms with E-state index in [1.807, 2.05) is 12.1 Å². The third-order valence-electron chi connectivity index (χ3n) is 4.27. The molecule has 1 N–H and O–H groups in total. The number of methoxy groups -OCH3 is 1. The van der Waals surface area contributed by atoms with Gasteiger partial charge < -0.3 is 14.8 Å². The lowest BCUT2D eigenvalue weighted by atomic mass is 10.0. The second-order valence-corrected chi connectivity index (χ2v) is 8.39. The zero-order valence-corrected chi connectivity index (χ0v) is 14.0. The monoisotopic (exact) mass is 345 g/mol. The second-order valence-electron chi connectivity index (χ2n) is 5.83. The van der Waals surface area contributed by atoms with Crippen molar-refractivity contribution in [2.75, 3.05) is 25.2 Å². The van der Waals surface area contributed by atoms with Crippen LogP contribution in [0.1, 0.15) is 24.4 Å². The number of para-hydroxylation sites is 1. The van der Waals surface area contributed by atoms with E-state index in [1.165, 1.54) is 0 Å². The molecule has 1 fully saturated rings. The molecule has 1 aromatic rings. The van der Waals surface area contributed by atoms with E-state index in [-0.39, 0.29) is 29.7 Å². The fourth-order valence-corrected chi connectivity index (χ4v) is 5.30. The molecule has 2 aliphatic rings. The Hall–Kier alpha value is -0.820. The number of hydrogen-bond acceptors (Lipinski definition) is 5. The summed E-state index contributed by atoms with van der Waals surface area (Å²) in [4.78, 5) is 0. The van der Waals surface area contributed by atoms with E-state index in [0.717, 1.165) is 18.4 Å². The first kappa shape index (κ1) is 16.1. The smallest absolute Gasteiger partial charge is 0.154 e. The van der Waals surface area contributed by atoms with E-state index in [1.54, 1.807) is 13.2 Å². The number of rotatable bonds is 3. The summed E-state index contributed by atoms with van der Waals surface area (Å²) in [6.45, 7) is 0.617. The molecule has 5 nitrogen and oxygen atoms in total. The number of benzene rings is 1. The van der Waals surface area contributed by atoms with Gasteiger partial charge in [0, 0.05) is 24.8 Å². The van der Waals surface area contributed by atoms with Gasteiger partial charge in [0.1, 0.15) is 5.75 Å². The van der Waals surface area contributed by atoms with Gasteiger partial charge in [-0.05, 0) is 18.9 Å². The first-order valence-electron chi connectivity index (χ1n) is 7.40. The highest BCUT2D eigenvalue weighted by molar-refractivity contribution is 7.91. The van der Waals surface area contributed by atoms with Gasteiger partial charge in [0.25, 0.3) is 0 Å². The predicted molar refractivity (Wildman–Crippen MR) is 85.3 cm³/mol. The molecular weight excluding hydrogens is 326 g/mol.